The smallest absolute Gasteiger partial charge is 0.271 e. The fraction of sp³-hybridized carbons (Fsp3) is 0.389. The van der Waals surface area contributed by atoms with Crippen LogP contribution in [0.4, 0.5) is 0 Å². The number of aromatic nitrogens is 2. The summed E-state index contributed by atoms with van der Waals surface area (Å²) < 4.78 is 5.69. The first kappa shape index (κ1) is 16.7. The van der Waals surface area contributed by atoms with Crippen LogP contribution in [0.25, 0.3) is 0 Å². The average molecular weight is 346 g/mol. The lowest BCUT2D eigenvalue weighted by Gasteiger charge is -2.20. The highest BCUT2D eigenvalue weighted by Crippen LogP contribution is 2.35. The van der Waals surface area contributed by atoms with Gasteiger partial charge in [0.05, 0.1) is 17.8 Å². The number of benzene rings is 1. The lowest BCUT2D eigenvalue weighted by Crippen LogP contribution is -2.38. The number of para-hydroxylation sites is 1. The van der Waals surface area contributed by atoms with Crippen molar-refractivity contribution in [2.45, 2.75) is 38.6 Å². The summed E-state index contributed by atoms with van der Waals surface area (Å²) in [7, 11) is 0. The molecule has 0 radical (unpaired) electrons. The number of nitrogens with one attached hydrogen (secondary N) is 1. The highest BCUT2D eigenvalue weighted by molar-refractivity contribution is 6.33. The Bertz CT molecular complexity index is 764. The number of halogens is 1. The highest BCUT2D eigenvalue weighted by Gasteiger charge is 2.30. The molecule has 0 fully saturated rings. The largest absolute Gasteiger partial charge is 0.493 e. The van der Waals surface area contributed by atoms with Crippen molar-refractivity contribution in [3.8, 4) is 5.75 Å². The van der Waals surface area contributed by atoms with Gasteiger partial charge < -0.3 is 10.1 Å². The van der Waals surface area contributed by atoms with Crippen molar-refractivity contribution in [1.29, 1.82) is 0 Å². The monoisotopic (exact) mass is 345 g/mol. The van der Waals surface area contributed by atoms with Gasteiger partial charge in [-0.05, 0) is 13.0 Å². The van der Waals surface area contributed by atoms with E-state index in [1.807, 2.05) is 45.0 Å². The number of fused-ring (bicyclic) bond motifs is 1. The Labute approximate surface area is 146 Å². The molecule has 1 aromatic heterocycles. The van der Waals surface area contributed by atoms with Gasteiger partial charge in [-0.25, -0.2) is 9.97 Å². The van der Waals surface area contributed by atoms with Crippen LogP contribution >= 0.6 is 11.6 Å². The van der Waals surface area contributed by atoms with E-state index in [9.17, 15) is 4.79 Å². The fourth-order valence-electron chi connectivity index (χ4n) is 2.80. The Morgan fingerprint density at radius 1 is 1.33 bits per heavy atom. The maximum Gasteiger partial charge on any atom is 0.271 e. The molecule has 1 aliphatic heterocycles. The van der Waals surface area contributed by atoms with Crippen molar-refractivity contribution in [3.63, 3.8) is 0 Å². The fourth-order valence-corrected chi connectivity index (χ4v) is 2.97. The summed E-state index contributed by atoms with van der Waals surface area (Å²) in [5.74, 6) is 1.43. The van der Waals surface area contributed by atoms with E-state index in [1.165, 1.54) is 6.20 Å². The van der Waals surface area contributed by atoms with E-state index >= 15 is 0 Å². The van der Waals surface area contributed by atoms with Crippen molar-refractivity contribution >= 4 is 17.5 Å². The summed E-state index contributed by atoms with van der Waals surface area (Å²) in [5.41, 5.74) is 1.33. The number of nitrogens with zero attached hydrogens (tertiary/aromatic N) is 2. The molecule has 2 atom stereocenters. The van der Waals surface area contributed by atoms with E-state index in [1.54, 1.807) is 0 Å². The molecule has 24 heavy (non-hydrogen) atoms. The van der Waals surface area contributed by atoms with Crippen LogP contribution in [0.1, 0.15) is 54.5 Å². The van der Waals surface area contributed by atoms with Crippen LogP contribution in [0.3, 0.4) is 0 Å². The summed E-state index contributed by atoms with van der Waals surface area (Å²) in [6.07, 6.45) is 1.48. The molecule has 2 heterocycles. The molecule has 0 aliphatic carbocycles. The van der Waals surface area contributed by atoms with Gasteiger partial charge in [-0.1, -0.05) is 43.6 Å². The minimum atomic E-state index is -0.291. The third-order valence-corrected chi connectivity index (χ3v) is 4.47. The molecule has 0 saturated carbocycles. The molecule has 0 unspecified atom stereocenters. The molecular weight excluding hydrogens is 326 g/mol. The van der Waals surface area contributed by atoms with E-state index in [-0.39, 0.29) is 34.5 Å². The van der Waals surface area contributed by atoms with Crippen molar-refractivity contribution in [1.82, 2.24) is 15.3 Å². The molecule has 0 spiro atoms. The molecule has 3 rings (SSSR count). The van der Waals surface area contributed by atoms with Crippen LogP contribution < -0.4 is 10.1 Å². The summed E-state index contributed by atoms with van der Waals surface area (Å²) >= 11 is 6.11. The molecule has 1 aromatic carbocycles. The standard InChI is InChI=1S/C18H20ClN3O2/c1-10(2)17-20-8-14(19)16(22-17)18(23)21-11(3)13-9-24-15-7-5-4-6-12(13)15/h4-8,10-11,13H,9H2,1-3H3,(H,21,23)/t11-,13+/m0/s1. The Hall–Kier alpha value is -2.14. The molecule has 1 aliphatic rings. The van der Waals surface area contributed by atoms with Gasteiger partial charge in [0.2, 0.25) is 0 Å². The van der Waals surface area contributed by atoms with E-state index in [0.29, 0.717) is 12.4 Å². The van der Waals surface area contributed by atoms with E-state index in [2.05, 4.69) is 15.3 Å². The number of ether oxygens (including phenoxy) is 1. The summed E-state index contributed by atoms with van der Waals surface area (Å²) in [6, 6.07) is 7.79. The van der Waals surface area contributed by atoms with E-state index < -0.39 is 0 Å². The first-order valence-corrected chi connectivity index (χ1v) is 8.40. The highest BCUT2D eigenvalue weighted by atomic mass is 35.5. The van der Waals surface area contributed by atoms with Gasteiger partial charge in [0, 0.05) is 23.4 Å². The van der Waals surface area contributed by atoms with Crippen LogP contribution in [0, 0.1) is 0 Å². The van der Waals surface area contributed by atoms with E-state index in [0.717, 1.165) is 11.3 Å². The Morgan fingerprint density at radius 2 is 2.08 bits per heavy atom. The van der Waals surface area contributed by atoms with Gasteiger partial charge in [-0.2, -0.15) is 0 Å². The molecule has 6 heteroatoms. The molecule has 1 N–H and O–H groups in total. The third-order valence-electron chi connectivity index (χ3n) is 4.19. The lowest BCUT2D eigenvalue weighted by atomic mass is 9.94. The van der Waals surface area contributed by atoms with Gasteiger partial charge >= 0.3 is 0 Å². The topological polar surface area (TPSA) is 64.1 Å². The van der Waals surface area contributed by atoms with Gasteiger partial charge in [-0.15, -0.1) is 0 Å². The zero-order valence-corrected chi connectivity index (χ0v) is 14.7. The average Bonchev–Trinajstić information content (AvgIpc) is 2.99. The normalized spacial score (nSPS) is 17.3. The Balaban J connectivity index is 1.77. The number of hydrogen-bond donors (Lipinski definition) is 1. The maximum absolute atomic E-state index is 12.6. The van der Waals surface area contributed by atoms with Crippen molar-refractivity contribution in [3.05, 3.63) is 52.6 Å². The summed E-state index contributed by atoms with van der Waals surface area (Å²) in [5, 5.41) is 3.25. The van der Waals surface area contributed by atoms with Crippen molar-refractivity contribution in [2.75, 3.05) is 6.61 Å². The zero-order chi connectivity index (χ0) is 17.3. The van der Waals surface area contributed by atoms with Crippen molar-refractivity contribution in [2.24, 2.45) is 0 Å². The van der Waals surface area contributed by atoms with Gasteiger partial charge in [-0.3, -0.25) is 4.79 Å². The SMILES string of the molecule is CC(C)c1ncc(Cl)c(C(=O)N[C@@H](C)[C@H]2COc3ccccc32)n1. The number of hydrogen-bond acceptors (Lipinski definition) is 4. The molecule has 126 valence electrons. The zero-order valence-electron chi connectivity index (χ0n) is 13.9. The van der Waals surface area contributed by atoms with Crippen LogP contribution in [0.5, 0.6) is 5.75 Å². The first-order chi connectivity index (χ1) is 11.5. The number of carbonyl (C=O) groups excluding carboxylic acids is 1. The molecule has 2 aromatic rings. The van der Waals surface area contributed by atoms with Crippen LogP contribution in [0.15, 0.2) is 30.5 Å². The molecule has 1 amide bonds. The number of carbonyl (C=O) groups is 1. The van der Waals surface area contributed by atoms with Crippen molar-refractivity contribution < 1.29 is 9.53 Å². The second kappa shape index (κ2) is 6.77. The van der Waals surface area contributed by atoms with Crippen LogP contribution in [-0.2, 0) is 0 Å². The third kappa shape index (κ3) is 3.22. The quantitative estimate of drug-likeness (QED) is 0.920. The molecular formula is C18H20ClN3O2. The maximum atomic E-state index is 12.6. The molecule has 0 bridgehead atoms. The Kier molecular flexibility index (Phi) is 4.71. The van der Waals surface area contributed by atoms with Gasteiger partial charge in [0.15, 0.2) is 0 Å². The Morgan fingerprint density at radius 3 is 2.83 bits per heavy atom. The number of amides is 1. The van der Waals surface area contributed by atoms with E-state index in [4.69, 9.17) is 16.3 Å². The first-order valence-electron chi connectivity index (χ1n) is 8.02. The summed E-state index contributed by atoms with van der Waals surface area (Å²) in [4.78, 5) is 21.1. The van der Waals surface area contributed by atoms with Crippen LogP contribution in [-0.4, -0.2) is 28.5 Å². The minimum Gasteiger partial charge on any atom is -0.493 e. The molecule has 5 nitrogen and oxygen atoms in total. The predicted molar refractivity (Wildman–Crippen MR) is 92.7 cm³/mol. The second-order valence-electron chi connectivity index (χ2n) is 6.30. The molecule has 0 saturated heterocycles. The number of rotatable bonds is 4. The minimum absolute atomic E-state index is 0.102. The van der Waals surface area contributed by atoms with Gasteiger partial charge in [0.25, 0.3) is 5.91 Å². The lowest BCUT2D eigenvalue weighted by molar-refractivity contribution is 0.0927. The second-order valence-corrected chi connectivity index (χ2v) is 6.70. The predicted octanol–water partition coefficient (Wildman–Crippen LogP) is 3.55. The summed E-state index contributed by atoms with van der Waals surface area (Å²) in [6.45, 7) is 6.46. The van der Waals surface area contributed by atoms with Crippen LogP contribution in [0.2, 0.25) is 5.02 Å². The van der Waals surface area contributed by atoms with Gasteiger partial charge in [0.1, 0.15) is 17.3 Å².